The SMILES string of the molecule is CC(C)(C)OC(=O)N1CCC(CCC[C@H](C#CC(=O)O)O[Si](C)(C)C(C)(C)C)CC1. The van der Waals surface area contributed by atoms with Gasteiger partial charge in [-0.15, -0.1) is 0 Å². The molecule has 1 aliphatic rings. The summed E-state index contributed by atoms with van der Waals surface area (Å²) in [6.45, 7) is 17.9. The number of carboxylic acid groups (broad SMARTS) is 1. The molecule has 172 valence electrons. The Bertz CT molecular complexity index is 643. The van der Waals surface area contributed by atoms with E-state index >= 15 is 0 Å². The molecule has 30 heavy (non-hydrogen) atoms. The van der Waals surface area contributed by atoms with Gasteiger partial charge in [0.2, 0.25) is 0 Å². The van der Waals surface area contributed by atoms with Crippen LogP contribution < -0.4 is 0 Å². The van der Waals surface area contributed by atoms with Crippen LogP contribution in [0.2, 0.25) is 18.1 Å². The van der Waals surface area contributed by atoms with Crippen molar-refractivity contribution in [2.75, 3.05) is 13.1 Å². The van der Waals surface area contributed by atoms with Crippen LogP contribution in [-0.2, 0) is 14.0 Å². The maximum atomic E-state index is 12.2. The van der Waals surface area contributed by atoms with Gasteiger partial charge in [0, 0.05) is 19.0 Å². The van der Waals surface area contributed by atoms with Gasteiger partial charge < -0.3 is 19.2 Å². The second-order valence-corrected chi connectivity index (χ2v) is 15.5. The van der Waals surface area contributed by atoms with E-state index in [0.717, 1.165) is 45.2 Å². The summed E-state index contributed by atoms with van der Waals surface area (Å²) in [6.07, 6.45) is 4.07. The fourth-order valence-corrected chi connectivity index (χ4v) is 4.40. The Morgan fingerprint density at radius 1 is 1.13 bits per heavy atom. The summed E-state index contributed by atoms with van der Waals surface area (Å²) in [5.41, 5.74) is -0.468. The van der Waals surface area contributed by atoms with E-state index < -0.39 is 19.9 Å². The second kappa shape index (κ2) is 10.7. The highest BCUT2D eigenvalue weighted by molar-refractivity contribution is 6.74. The maximum Gasteiger partial charge on any atom is 0.410 e. The molecule has 0 aromatic rings. The predicted octanol–water partition coefficient (Wildman–Crippen LogP) is 5.28. The Labute approximate surface area is 183 Å². The molecule has 7 heteroatoms. The van der Waals surface area contributed by atoms with Gasteiger partial charge in [0.25, 0.3) is 0 Å². The minimum Gasteiger partial charge on any atom is -0.472 e. The van der Waals surface area contributed by atoms with Gasteiger partial charge in [0.05, 0.1) is 0 Å². The zero-order chi connectivity index (χ0) is 23.2. The minimum absolute atomic E-state index is 0.0463. The van der Waals surface area contributed by atoms with E-state index in [9.17, 15) is 9.59 Å². The van der Waals surface area contributed by atoms with Crippen LogP contribution in [0.15, 0.2) is 0 Å². The van der Waals surface area contributed by atoms with E-state index in [0.29, 0.717) is 5.92 Å². The molecule has 1 atom stereocenters. The standard InChI is InChI=1S/C23H41NO5Si/c1-22(2,3)28-21(27)24-16-14-18(15-17-24)10-9-11-19(12-13-20(25)26)29-30(7,8)23(4,5)6/h18-19H,9-11,14-17H2,1-8H3,(H,25,26)/t19-/m1/s1. The van der Waals surface area contributed by atoms with Crippen LogP contribution in [0.1, 0.15) is 73.6 Å². The molecule has 0 radical (unpaired) electrons. The van der Waals surface area contributed by atoms with E-state index in [4.69, 9.17) is 14.3 Å². The second-order valence-electron chi connectivity index (χ2n) is 10.8. The lowest BCUT2D eigenvalue weighted by molar-refractivity contribution is -0.130. The van der Waals surface area contributed by atoms with Gasteiger partial charge in [-0.1, -0.05) is 33.1 Å². The molecule has 1 fully saturated rings. The molecule has 0 saturated carbocycles. The number of likely N-dealkylation sites (tertiary alicyclic amines) is 1. The summed E-state index contributed by atoms with van der Waals surface area (Å²) < 4.78 is 11.8. The molecule has 0 bridgehead atoms. The fourth-order valence-electron chi connectivity index (χ4n) is 3.16. The number of carbonyl (C=O) groups excluding carboxylic acids is 1. The van der Waals surface area contributed by atoms with Crippen molar-refractivity contribution in [1.29, 1.82) is 0 Å². The average molecular weight is 440 g/mol. The van der Waals surface area contributed by atoms with Crippen LogP contribution in [0.5, 0.6) is 0 Å². The smallest absolute Gasteiger partial charge is 0.410 e. The largest absolute Gasteiger partial charge is 0.472 e. The van der Waals surface area contributed by atoms with E-state index in [-0.39, 0.29) is 17.2 Å². The van der Waals surface area contributed by atoms with Crippen molar-refractivity contribution >= 4 is 20.4 Å². The third-order valence-electron chi connectivity index (χ3n) is 5.93. The van der Waals surface area contributed by atoms with Crippen LogP contribution in [0.4, 0.5) is 4.79 Å². The normalized spacial score (nSPS) is 17.1. The van der Waals surface area contributed by atoms with E-state index in [1.807, 2.05) is 20.8 Å². The summed E-state index contributed by atoms with van der Waals surface area (Å²) in [7, 11) is -2.02. The van der Waals surface area contributed by atoms with Crippen molar-refractivity contribution in [3.8, 4) is 11.8 Å². The van der Waals surface area contributed by atoms with Crippen molar-refractivity contribution in [1.82, 2.24) is 4.90 Å². The van der Waals surface area contributed by atoms with Crippen molar-refractivity contribution in [3.63, 3.8) is 0 Å². The molecule has 1 heterocycles. The highest BCUT2D eigenvalue weighted by Gasteiger charge is 2.39. The molecule has 0 spiro atoms. The summed E-state index contributed by atoms with van der Waals surface area (Å²) in [5.74, 6) is 4.52. The number of amides is 1. The van der Waals surface area contributed by atoms with Crippen molar-refractivity contribution in [2.45, 2.75) is 103 Å². The Hall–Kier alpha value is -1.52. The lowest BCUT2D eigenvalue weighted by Crippen LogP contribution is -2.43. The van der Waals surface area contributed by atoms with Crippen molar-refractivity contribution in [3.05, 3.63) is 0 Å². The summed E-state index contributed by atoms with van der Waals surface area (Å²) in [6, 6.07) is 0. The molecule has 6 nitrogen and oxygen atoms in total. The van der Waals surface area contributed by atoms with Gasteiger partial charge in [0.1, 0.15) is 11.7 Å². The van der Waals surface area contributed by atoms with Crippen LogP contribution in [0, 0.1) is 17.8 Å². The maximum absolute atomic E-state index is 12.2. The average Bonchev–Trinajstić information content (AvgIpc) is 2.57. The molecule has 0 aromatic carbocycles. The number of rotatable bonds is 6. The summed E-state index contributed by atoms with van der Waals surface area (Å²) in [5, 5.41) is 8.98. The Morgan fingerprint density at radius 3 is 2.17 bits per heavy atom. The van der Waals surface area contributed by atoms with Gasteiger partial charge in [0.15, 0.2) is 8.32 Å². The van der Waals surface area contributed by atoms with Crippen molar-refractivity contribution < 1.29 is 23.9 Å². The van der Waals surface area contributed by atoms with E-state index in [1.54, 1.807) is 4.90 Å². The number of hydrogen-bond acceptors (Lipinski definition) is 4. The number of ether oxygens (including phenoxy) is 1. The lowest BCUT2D eigenvalue weighted by Gasteiger charge is -2.38. The topological polar surface area (TPSA) is 76.1 Å². The van der Waals surface area contributed by atoms with Gasteiger partial charge >= 0.3 is 12.1 Å². The van der Waals surface area contributed by atoms with E-state index in [2.05, 4.69) is 45.7 Å². The third kappa shape index (κ3) is 9.52. The van der Waals surface area contributed by atoms with Crippen LogP contribution in [0.25, 0.3) is 0 Å². The molecule has 0 aromatic heterocycles. The zero-order valence-corrected chi connectivity index (χ0v) is 21.1. The zero-order valence-electron chi connectivity index (χ0n) is 20.1. The first-order valence-corrected chi connectivity index (χ1v) is 13.9. The van der Waals surface area contributed by atoms with Crippen LogP contribution >= 0.6 is 0 Å². The highest BCUT2D eigenvalue weighted by Crippen LogP contribution is 2.38. The number of hydrogen-bond donors (Lipinski definition) is 1. The fraction of sp³-hybridized carbons (Fsp3) is 0.826. The number of piperidine rings is 1. The number of nitrogens with zero attached hydrogens (tertiary/aromatic N) is 1. The van der Waals surface area contributed by atoms with Crippen molar-refractivity contribution in [2.24, 2.45) is 5.92 Å². The lowest BCUT2D eigenvalue weighted by atomic mass is 9.91. The Balaban J connectivity index is 2.53. The molecule has 0 aliphatic carbocycles. The first-order chi connectivity index (χ1) is 13.6. The number of carbonyl (C=O) groups is 2. The first kappa shape index (κ1) is 26.5. The number of carboxylic acids is 1. The first-order valence-electron chi connectivity index (χ1n) is 11.0. The molecule has 1 rings (SSSR count). The molecule has 1 saturated heterocycles. The van der Waals surface area contributed by atoms with Gasteiger partial charge in [-0.2, -0.15) is 0 Å². The number of aliphatic carboxylic acids is 1. The Morgan fingerprint density at radius 2 is 1.70 bits per heavy atom. The van der Waals surface area contributed by atoms with Gasteiger partial charge in [-0.3, -0.25) is 0 Å². The molecule has 1 N–H and O–H groups in total. The van der Waals surface area contributed by atoms with Gasteiger partial charge in [-0.05, 0) is 70.5 Å². The molecular weight excluding hydrogens is 398 g/mol. The van der Waals surface area contributed by atoms with Gasteiger partial charge in [-0.25, -0.2) is 9.59 Å². The highest BCUT2D eigenvalue weighted by atomic mass is 28.4. The molecule has 0 unspecified atom stereocenters. The predicted molar refractivity (Wildman–Crippen MR) is 122 cm³/mol. The molecular formula is C23H41NO5Si. The third-order valence-corrected chi connectivity index (χ3v) is 10.4. The summed E-state index contributed by atoms with van der Waals surface area (Å²) in [4.78, 5) is 24.9. The minimum atomic E-state index is -2.02. The summed E-state index contributed by atoms with van der Waals surface area (Å²) >= 11 is 0. The van der Waals surface area contributed by atoms with E-state index in [1.165, 1.54) is 0 Å². The molecule has 1 amide bonds. The Kier molecular flexibility index (Phi) is 9.43. The monoisotopic (exact) mass is 439 g/mol. The van der Waals surface area contributed by atoms with Crippen LogP contribution in [0.3, 0.4) is 0 Å². The quantitative estimate of drug-likeness (QED) is 0.450. The van der Waals surface area contributed by atoms with Crippen LogP contribution in [-0.4, -0.2) is 55.2 Å². The molecule has 1 aliphatic heterocycles.